The summed E-state index contributed by atoms with van der Waals surface area (Å²) in [6.07, 6.45) is 5.35. The molecular formula is C15H22N2. The molecule has 1 aromatic rings. The first-order valence-electron chi connectivity index (χ1n) is 6.25. The van der Waals surface area contributed by atoms with Crippen LogP contribution in [0.4, 0.5) is 5.69 Å². The first-order valence-corrected chi connectivity index (χ1v) is 6.25. The van der Waals surface area contributed by atoms with Gasteiger partial charge in [0.05, 0.1) is 12.2 Å². The molecule has 2 heteroatoms. The van der Waals surface area contributed by atoms with Gasteiger partial charge in [0.15, 0.2) is 0 Å². The molecule has 0 aliphatic heterocycles. The lowest BCUT2D eigenvalue weighted by atomic mass is 10.2. The molecule has 17 heavy (non-hydrogen) atoms. The summed E-state index contributed by atoms with van der Waals surface area (Å²) in [7, 11) is 0. The summed E-state index contributed by atoms with van der Waals surface area (Å²) in [5.74, 6) is 0. The normalized spacial score (nSPS) is 11.3. The third-order valence-electron chi connectivity index (χ3n) is 2.54. The molecule has 1 aromatic carbocycles. The quantitative estimate of drug-likeness (QED) is 0.388. The SMILES string of the molecule is C=CCN(/N=C(\C)CCCC)c1ccccc1. The van der Waals surface area contributed by atoms with Gasteiger partial charge in [-0.3, -0.25) is 5.01 Å². The first-order chi connectivity index (χ1) is 8.27. The molecule has 2 nitrogen and oxygen atoms in total. The van der Waals surface area contributed by atoms with Crippen LogP contribution in [0, 0.1) is 0 Å². The lowest BCUT2D eigenvalue weighted by Crippen LogP contribution is -2.18. The molecule has 0 aromatic heterocycles. The molecule has 0 bridgehead atoms. The van der Waals surface area contributed by atoms with Gasteiger partial charge in [0, 0.05) is 5.71 Å². The topological polar surface area (TPSA) is 15.6 Å². The Labute approximate surface area is 105 Å². The van der Waals surface area contributed by atoms with Gasteiger partial charge in [-0.1, -0.05) is 37.6 Å². The van der Waals surface area contributed by atoms with Gasteiger partial charge in [-0.05, 0) is 31.9 Å². The van der Waals surface area contributed by atoms with Gasteiger partial charge in [0.2, 0.25) is 0 Å². The number of hydrazone groups is 1. The lowest BCUT2D eigenvalue weighted by molar-refractivity contribution is 0.822. The molecule has 0 fully saturated rings. The number of unbranched alkanes of at least 4 members (excludes halogenated alkanes) is 1. The molecule has 0 spiro atoms. The van der Waals surface area contributed by atoms with Crippen molar-refractivity contribution in [2.24, 2.45) is 5.10 Å². The molecule has 0 heterocycles. The van der Waals surface area contributed by atoms with E-state index in [1.165, 1.54) is 18.6 Å². The molecule has 92 valence electrons. The molecule has 0 amide bonds. The maximum absolute atomic E-state index is 4.65. The number of hydrogen-bond acceptors (Lipinski definition) is 2. The molecular weight excluding hydrogens is 208 g/mol. The van der Waals surface area contributed by atoms with E-state index in [2.05, 4.69) is 37.7 Å². The monoisotopic (exact) mass is 230 g/mol. The smallest absolute Gasteiger partial charge is 0.0597 e. The number of anilines is 1. The van der Waals surface area contributed by atoms with E-state index < -0.39 is 0 Å². The third-order valence-corrected chi connectivity index (χ3v) is 2.54. The van der Waals surface area contributed by atoms with Gasteiger partial charge in [-0.2, -0.15) is 5.10 Å². The van der Waals surface area contributed by atoms with Crippen LogP contribution in [0.25, 0.3) is 0 Å². The van der Waals surface area contributed by atoms with Crippen LogP contribution in [0.3, 0.4) is 0 Å². The zero-order valence-electron chi connectivity index (χ0n) is 10.9. The van der Waals surface area contributed by atoms with Crippen molar-refractivity contribution in [3.05, 3.63) is 43.0 Å². The fourth-order valence-electron chi connectivity index (χ4n) is 1.62. The van der Waals surface area contributed by atoms with Crippen LogP contribution in [0.15, 0.2) is 48.1 Å². The van der Waals surface area contributed by atoms with Crippen molar-refractivity contribution < 1.29 is 0 Å². The predicted molar refractivity (Wildman–Crippen MR) is 76.6 cm³/mol. The molecule has 0 saturated heterocycles. The summed E-state index contributed by atoms with van der Waals surface area (Å²) in [4.78, 5) is 0. The predicted octanol–water partition coefficient (Wildman–Crippen LogP) is 4.25. The molecule has 1 rings (SSSR count). The van der Waals surface area contributed by atoms with E-state index in [4.69, 9.17) is 0 Å². The van der Waals surface area contributed by atoms with Crippen LogP contribution in [0.1, 0.15) is 33.1 Å². The summed E-state index contributed by atoms with van der Waals surface area (Å²) >= 11 is 0. The van der Waals surface area contributed by atoms with Crippen molar-refractivity contribution in [2.75, 3.05) is 11.6 Å². The average Bonchev–Trinajstić information content (AvgIpc) is 2.37. The molecule has 0 atom stereocenters. The second-order valence-electron chi connectivity index (χ2n) is 4.15. The molecule has 0 aliphatic rings. The molecule has 0 saturated carbocycles. The summed E-state index contributed by atoms with van der Waals surface area (Å²) in [5, 5.41) is 6.65. The van der Waals surface area contributed by atoms with E-state index in [0.717, 1.165) is 18.7 Å². The maximum atomic E-state index is 4.65. The third kappa shape index (κ3) is 4.85. The highest BCUT2D eigenvalue weighted by molar-refractivity contribution is 5.82. The van der Waals surface area contributed by atoms with Gasteiger partial charge in [-0.25, -0.2) is 0 Å². The highest BCUT2D eigenvalue weighted by atomic mass is 15.5. The zero-order valence-corrected chi connectivity index (χ0v) is 10.9. The van der Waals surface area contributed by atoms with Crippen LogP contribution in [0.5, 0.6) is 0 Å². The minimum Gasteiger partial charge on any atom is -0.262 e. The van der Waals surface area contributed by atoms with Crippen LogP contribution in [-0.4, -0.2) is 12.3 Å². The maximum Gasteiger partial charge on any atom is 0.0597 e. The van der Waals surface area contributed by atoms with Crippen molar-refractivity contribution in [3.63, 3.8) is 0 Å². The Morgan fingerprint density at radius 2 is 2.06 bits per heavy atom. The Morgan fingerprint density at radius 3 is 2.65 bits per heavy atom. The lowest BCUT2D eigenvalue weighted by Gasteiger charge is -2.18. The standard InChI is InChI=1S/C15H22N2/c1-4-6-10-14(3)16-17(13-5-2)15-11-8-7-9-12-15/h5,7-9,11-12H,2,4,6,10,13H2,1,3H3/b16-14+. The van der Waals surface area contributed by atoms with Crippen molar-refractivity contribution in [1.29, 1.82) is 0 Å². The van der Waals surface area contributed by atoms with E-state index >= 15 is 0 Å². The van der Waals surface area contributed by atoms with Crippen LogP contribution in [0.2, 0.25) is 0 Å². The largest absolute Gasteiger partial charge is 0.262 e. The summed E-state index contributed by atoms with van der Waals surface area (Å²) in [5.41, 5.74) is 2.29. The van der Waals surface area contributed by atoms with Gasteiger partial charge >= 0.3 is 0 Å². The summed E-state index contributed by atoms with van der Waals surface area (Å²) in [6, 6.07) is 10.2. The van der Waals surface area contributed by atoms with Gasteiger partial charge < -0.3 is 0 Å². The molecule has 0 N–H and O–H groups in total. The fourth-order valence-corrected chi connectivity index (χ4v) is 1.62. The van der Waals surface area contributed by atoms with Gasteiger partial charge in [-0.15, -0.1) is 6.58 Å². The Kier molecular flexibility index (Phi) is 6.08. The van der Waals surface area contributed by atoms with Crippen molar-refractivity contribution in [2.45, 2.75) is 33.1 Å². The van der Waals surface area contributed by atoms with E-state index in [9.17, 15) is 0 Å². The number of nitrogens with zero attached hydrogens (tertiary/aromatic N) is 2. The molecule has 0 aliphatic carbocycles. The van der Waals surface area contributed by atoms with Crippen molar-refractivity contribution in [3.8, 4) is 0 Å². The van der Waals surface area contributed by atoms with E-state index in [1.54, 1.807) is 0 Å². The van der Waals surface area contributed by atoms with Crippen LogP contribution >= 0.6 is 0 Å². The van der Waals surface area contributed by atoms with Gasteiger partial charge in [0.25, 0.3) is 0 Å². The summed E-state index contributed by atoms with van der Waals surface area (Å²) in [6.45, 7) is 8.82. The second kappa shape index (κ2) is 7.66. The highest BCUT2D eigenvalue weighted by Gasteiger charge is 2.02. The Balaban J connectivity index is 2.76. The number of benzene rings is 1. The average molecular weight is 230 g/mol. The summed E-state index contributed by atoms with van der Waals surface area (Å²) < 4.78 is 0. The van der Waals surface area contributed by atoms with Crippen molar-refractivity contribution >= 4 is 11.4 Å². The first kappa shape index (κ1) is 13.5. The molecule has 0 unspecified atom stereocenters. The Hall–Kier alpha value is -1.57. The Bertz CT molecular complexity index is 354. The van der Waals surface area contributed by atoms with E-state index in [-0.39, 0.29) is 0 Å². The fraction of sp³-hybridized carbons (Fsp3) is 0.400. The minimum atomic E-state index is 0.744. The Morgan fingerprint density at radius 1 is 1.35 bits per heavy atom. The van der Waals surface area contributed by atoms with Crippen LogP contribution in [-0.2, 0) is 0 Å². The van der Waals surface area contributed by atoms with Gasteiger partial charge in [0.1, 0.15) is 0 Å². The van der Waals surface area contributed by atoms with Crippen molar-refractivity contribution in [1.82, 2.24) is 0 Å². The second-order valence-corrected chi connectivity index (χ2v) is 4.15. The highest BCUT2D eigenvalue weighted by Crippen LogP contribution is 2.14. The number of rotatable bonds is 7. The minimum absolute atomic E-state index is 0.744. The number of hydrogen-bond donors (Lipinski definition) is 0. The molecule has 0 radical (unpaired) electrons. The zero-order chi connectivity index (χ0) is 12.5. The van der Waals surface area contributed by atoms with E-state index in [0.29, 0.717) is 0 Å². The number of para-hydroxylation sites is 1. The van der Waals surface area contributed by atoms with E-state index in [1.807, 2.05) is 29.3 Å². The van der Waals surface area contributed by atoms with Crippen LogP contribution < -0.4 is 5.01 Å².